The Morgan fingerprint density at radius 3 is 2.63 bits per heavy atom. The molecule has 1 unspecified atom stereocenters. The number of halogens is 2. The predicted octanol–water partition coefficient (Wildman–Crippen LogP) is 3.28. The van der Waals surface area contributed by atoms with E-state index < -0.39 is 6.43 Å². The third kappa shape index (κ3) is 3.44. The first kappa shape index (κ1) is 14.3. The molecular formula is C15H22F2N2. The Labute approximate surface area is 113 Å². The maximum Gasteiger partial charge on any atom is 0.255 e. The second kappa shape index (κ2) is 5.45. The number of alkyl halides is 2. The van der Waals surface area contributed by atoms with Crippen LogP contribution in [0.2, 0.25) is 0 Å². The van der Waals surface area contributed by atoms with Crippen LogP contribution in [0.4, 0.5) is 14.5 Å². The molecule has 0 bridgehead atoms. The molecule has 2 nitrogen and oxygen atoms in total. The Balaban J connectivity index is 2.29. The van der Waals surface area contributed by atoms with Crippen molar-refractivity contribution in [1.29, 1.82) is 0 Å². The van der Waals surface area contributed by atoms with E-state index in [-0.39, 0.29) is 18.0 Å². The minimum absolute atomic E-state index is 0.0441. The number of hydrogen-bond acceptors (Lipinski definition) is 2. The molecule has 1 aromatic rings. The summed E-state index contributed by atoms with van der Waals surface area (Å²) in [5.41, 5.74) is 2.07. The number of benzene rings is 1. The van der Waals surface area contributed by atoms with Gasteiger partial charge in [-0.05, 0) is 17.0 Å². The third-order valence-electron chi connectivity index (χ3n) is 3.68. The first-order valence-electron chi connectivity index (χ1n) is 6.72. The molecule has 19 heavy (non-hydrogen) atoms. The molecule has 1 aliphatic heterocycles. The van der Waals surface area contributed by atoms with E-state index in [1.165, 1.54) is 0 Å². The van der Waals surface area contributed by atoms with Crippen molar-refractivity contribution in [1.82, 2.24) is 5.32 Å². The fourth-order valence-corrected chi connectivity index (χ4v) is 2.50. The van der Waals surface area contributed by atoms with Gasteiger partial charge in [0.1, 0.15) is 0 Å². The Morgan fingerprint density at radius 2 is 2.00 bits per heavy atom. The van der Waals surface area contributed by atoms with E-state index in [4.69, 9.17) is 0 Å². The van der Waals surface area contributed by atoms with Crippen LogP contribution in [0.5, 0.6) is 0 Å². The molecule has 4 heteroatoms. The molecule has 0 saturated heterocycles. The summed E-state index contributed by atoms with van der Waals surface area (Å²) in [7, 11) is 0. The summed E-state index contributed by atoms with van der Waals surface area (Å²) in [6.07, 6.45) is -2.31. The highest BCUT2D eigenvalue weighted by Crippen LogP contribution is 2.29. The summed E-state index contributed by atoms with van der Waals surface area (Å²) in [4.78, 5) is 1.82. The molecule has 1 atom stereocenters. The zero-order valence-corrected chi connectivity index (χ0v) is 11.8. The molecule has 0 aliphatic carbocycles. The van der Waals surface area contributed by atoms with Crippen molar-refractivity contribution in [2.45, 2.75) is 39.8 Å². The maximum atomic E-state index is 12.8. The summed E-state index contributed by atoms with van der Waals surface area (Å²) in [6, 6.07) is 8.00. The molecule has 106 valence electrons. The molecule has 1 heterocycles. The molecule has 0 amide bonds. The zero-order valence-electron chi connectivity index (χ0n) is 11.8. The van der Waals surface area contributed by atoms with Gasteiger partial charge in [0.2, 0.25) is 0 Å². The molecule has 1 aliphatic rings. The molecule has 0 radical (unpaired) electrons. The van der Waals surface area contributed by atoms with Crippen LogP contribution < -0.4 is 10.2 Å². The number of nitrogens with one attached hydrogen (secondary N) is 1. The van der Waals surface area contributed by atoms with E-state index in [1.54, 1.807) is 0 Å². The van der Waals surface area contributed by atoms with E-state index in [2.05, 4.69) is 26.1 Å². The van der Waals surface area contributed by atoms with Crippen molar-refractivity contribution in [2.75, 3.05) is 18.0 Å². The summed E-state index contributed by atoms with van der Waals surface area (Å²) in [5, 5.41) is 3.49. The van der Waals surface area contributed by atoms with Crippen molar-refractivity contribution < 1.29 is 8.78 Å². The topological polar surface area (TPSA) is 15.3 Å². The van der Waals surface area contributed by atoms with Crippen molar-refractivity contribution in [3.8, 4) is 0 Å². The molecule has 0 fully saturated rings. The van der Waals surface area contributed by atoms with Crippen LogP contribution >= 0.6 is 0 Å². The van der Waals surface area contributed by atoms with Crippen molar-refractivity contribution in [2.24, 2.45) is 5.41 Å². The van der Waals surface area contributed by atoms with Crippen LogP contribution in [0.25, 0.3) is 0 Å². The average Bonchev–Trinajstić information content (AvgIpc) is 2.48. The highest BCUT2D eigenvalue weighted by atomic mass is 19.3. The first-order valence-corrected chi connectivity index (χ1v) is 6.72. The smallest absolute Gasteiger partial charge is 0.255 e. The van der Waals surface area contributed by atoms with Gasteiger partial charge in [0.05, 0.1) is 6.54 Å². The maximum absolute atomic E-state index is 12.8. The van der Waals surface area contributed by atoms with Gasteiger partial charge in [-0.25, -0.2) is 8.78 Å². The van der Waals surface area contributed by atoms with Gasteiger partial charge < -0.3 is 10.2 Å². The highest BCUT2D eigenvalue weighted by Gasteiger charge is 2.30. The number of nitrogens with zero attached hydrogens (tertiary/aromatic N) is 1. The van der Waals surface area contributed by atoms with Gasteiger partial charge in [0, 0.05) is 24.8 Å². The van der Waals surface area contributed by atoms with E-state index in [0.717, 1.165) is 17.8 Å². The number of rotatable bonds is 2. The third-order valence-corrected chi connectivity index (χ3v) is 3.68. The molecule has 2 rings (SSSR count). The van der Waals surface area contributed by atoms with E-state index in [1.807, 2.05) is 29.2 Å². The molecule has 0 saturated carbocycles. The largest absolute Gasteiger partial charge is 0.364 e. The second-order valence-corrected chi connectivity index (χ2v) is 6.22. The Morgan fingerprint density at radius 1 is 1.32 bits per heavy atom. The van der Waals surface area contributed by atoms with Crippen LogP contribution in [0.3, 0.4) is 0 Å². The Kier molecular flexibility index (Phi) is 4.09. The number of hydrogen-bond donors (Lipinski definition) is 1. The van der Waals surface area contributed by atoms with Gasteiger partial charge in [-0.15, -0.1) is 0 Å². The van der Waals surface area contributed by atoms with Crippen LogP contribution in [0.1, 0.15) is 26.3 Å². The van der Waals surface area contributed by atoms with Gasteiger partial charge in [0.25, 0.3) is 6.43 Å². The van der Waals surface area contributed by atoms with E-state index >= 15 is 0 Å². The molecule has 1 aromatic carbocycles. The lowest BCUT2D eigenvalue weighted by atomic mass is 9.86. The standard InChI is InChI=1S/C15H22F2N2/c1-15(2,3)13-9-19(10-14(16)17)12-7-5-4-6-11(12)8-18-13/h4-7,13-14,18H,8-10H2,1-3H3. The lowest BCUT2D eigenvalue weighted by molar-refractivity contribution is 0.152. The quantitative estimate of drug-likeness (QED) is 0.885. The summed E-state index contributed by atoms with van der Waals surface area (Å²) < 4.78 is 25.6. The van der Waals surface area contributed by atoms with Gasteiger partial charge in [-0.1, -0.05) is 39.0 Å². The molecule has 0 aromatic heterocycles. The number of anilines is 1. The summed E-state index contributed by atoms with van der Waals surface area (Å²) in [5.74, 6) is 0. The van der Waals surface area contributed by atoms with E-state index in [0.29, 0.717) is 6.54 Å². The Hall–Kier alpha value is -1.16. The molecule has 0 spiro atoms. The monoisotopic (exact) mass is 268 g/mol. The van der Waals surface area contributed by atoms with Gasteiger partial charge in [0.15, 0.2) is 0 Å². The minimum atomic E-state index is -2.31. The normalized spacial score (nSPS) is 20.3. The SMILES string of the molecule is CC(C)(C)C1CN(CC(F)F)c2ccccc2CN1. The molecule has 1 N–H and O–H groups in total. The average molecular weight is 268 g/mol. The van der Waals surface area contributed by atoms with Crippen molar-refractivity contribution in [3.63, 3.8) is 0 Å². The highest BCUT2D eigenvalue weighted by molar-refractivity contribution is 5.54. The van der Waals surface area contributed by atoms with Gasteiger partial charge >= 0.3 is 0 Å². The van der Waals surface area contributed by atoms with Crippen LogP contribution in [0.15, 0.2) is 24.3 Å². The second-order valence-electron chi connectivity index (χ2n) is 6.22. The van der Waals surface area contributed by atoms with Crippen molar-refractivity contribution in [3.05, 3.63) is 29.8 Å². The lowest BCUT2D eigenvalue weighted by Gasteiger charge is -2.34. The Bertz CT molecular complexity index is 426. The molecular weight excluding hydrogens is 246 g/mol. The van der Waals surface area contributed by atoms with Crippen molar-refractivity contribution >= 4 is 5.69 Å². The fourth-order valence-electron chi connectivity index (χ4n) is 2.50. The van der Waals surface area contributed by atoms with Crippen LogP contribution in [-0.2, 0) is 6.54 Å². The number of para-hydroxylation sites is 1. The predicted molar refractivity (Wildman–Crippen MR) is 74.7 cm³/mol. The zero-order chi connectivity index (χ0) is 14.0. The summed E-state index contributed by atoms with van der Waals surface area (Å²) >= 11 is 0. The van der Waals surface area contributed by atoms with Crippen LogP contribution in [-0.4, -0.2) is 25.6 Å². The first-order chi connectivity index (χ1) is 8.88. The summed E-state index contributed by atoms with van der Waals surface area (Å²) in [6.45, 7) is 7.57. The lowest BCUT2D eigenvalue weighted by Crippen LogP contribution is -2.47. The fraction of sp³-hybridized carbons (Fsp3) is 0.600. The van der Waals surface area contributed by atoms with Gasteiger partial charge in [-0.3, -0.25) is 0 Å². The van der Waals surface area contributed by atoms with Gasteiger partial charge in [-0.2, -0.15) is 0 Å². The van der Waals surface area contributed by atoms with E-state index in [9.17, 15) is 8.78 Å². The minimum Gasteiger partial charge on any atom is -0.364 e. The number of fused-ring (bicyclic) bond motifs is 1. The van der Waals surface area contributed by atoms with Crippen LogP contribution in [0, 0.1) is 5.41 Å².